The van der Waals surface area contributed by atoms with Crippen LogP contribution in [-0.2, 0) is 10.0 Å². The zero-order valence-corrected chi connectivity index (χ0v) is 20.3. The van der Waals surface area contributed by atoms with Gasteiger partial charge in [-0.1, -0.05) is 43.2 Å². The van der Waals surface area contributed by atoms with Crippen molar-refractivity contribution >= 4 is 15.7 Å². The van der Waals surface area contributed by atoms with Gasteiger partial charge in [-0.2, -0.15) is 13.5 Å². The van der Waals surface area contributed by atoms with Crippen LogP contribution in [0.1, 0.15) is 70.8 Å². The molecule has 0 aliphatic heterocycles. The molecule has 2 N–H and O–H groups in total. The highest BCUT2D eigenvalue weighted by Crippen LogP contribution is 2.64. The van der Waals surface area contributed by atoms with Crippen LogP contribution in [0.25, 0.3) is 0 Å². The second-order valence-electron chi connectivity index (χ2n) is 11.1. The molecule has 174 valence electrons. The van der Waals surface area contributed by atoms with E-state index in [0.29, 0.717) is 17.8 Å². The van der Waals surface area contributed by atoms with Gasteiger partial charge in [0, 0.05) is 11.1 Å². The fraction of sp³-hybridized carbons (Fsp3) is 0.654. The fourth-order valence-corrected chi connectivity index (χ4v) is 8.33. The molecule has 0 unspecified atom stereocenters. The van der Waals surface area contributed by atoms with Gasteiger partial charge in [0.05, 0.1) is 11.0 Å². The molecule has 1 aromatic carbocycles. The number of sulfonamides is 1. The predicted molar refractivity (Wildman–Crippen MR) is 127 cm³/mol. The Hall–Kier alpha value is -1.66. The van der Waals surface area contributed by atoms with E-state index >= 15 is 0 Å². The van der Waals surface area contributed by atoms with E-state index in [2.05, 4.69) is 29.9 Å². The molecule has 3 fully saturated rings. The number of nitrogens with one attached hydrogen (secondary N) is 1. The van der Waals surface area contributed by atoms with E-state index < -0.39 is 10.0 Å². The first-order valence-corrected chi connectivity index (χ1v) is 13.6. The van der Waals surface area contributed by atoms with Crippen LogP contribution >= 0.6 is 0 Å². The van der Waals surface area contributed by atoms with E-state index in [1.165, 1.54) is 5.57 Å². The first-order valence-electron chi connectivity index (χ1n) is 12.2. The summed E-state index contributed by atoms with van der Waals surface area (Å²) in [5.74, 6) is 1.83. The Morgan fingerprint density at radius 1 is 1.03 bits per heavy atom. The lowest BCUT2D eigenvalue weighted by Crippen LogP contribution is -2.50. The van der Waals surface area contributed by atoms with Crippen LogP contribution in [0.2, 0.25) is 0 Å². The summed E-state index contributed by atoms with van der Waals surface area (Å²) in [6, 6.07) is 6.89. The molecule has 3 saturated carbocycles. The van der Waals surface area contributed by atoms with Crippen molar-refractivity contribution in [2.45, 2.75) is 83.1 Å². The fourth-order valence-electron chi connectivity index (χ4n) is 7.50. The molecule has 0 amide bonds. The third-order valence-electron chi connectivity index (χ3n) is 9.45. The lowest BCUT2D eigenvalue weighted by atomic mass is 9.48. The molecule has 0 radical (unpaired) electrons. The van der Waals surface area contributed by atoms with Crippen molar-refractivity contribution in [1.29, 1.82) is 0 Å². The third kappa shape index (κ3) is 3.45. The molecule has 0 saturated heterocycles. The number of rotatable bonds is 3. The normalized spacial score (nSPS) is 40.2. The van der Waals surface area contributed by atoms with Crippen molar-refractivity contribution in [3.8, 4) is 0 Å². The van der Waals surface area contributed by atoms with Gasteiger partial charge < -0.3 is 5.11 Å². The van der Waals surface area contributed by atoms with Crippen LogP contribution < -0.4 is 4.83 Å². The molecular weight excluding hydrogens is 420 g/mol. The Morgan fingerprint density at radius 2 is 1.72 bits per heavy atom. The standard InChI is InChI=1S/C26H36N2O3S/c1-17-4-7-20(8-5-17)32(30,31)28-27-24-11-10-22-21-9-6-18-16-19(29)12-14-25(18,2)23(21)13-15-26(22,24)3/h4-8,19,21-23,28-29H,9-16H2,1-3H3/b27-24+/t19-,21-,22-,23-,25-,26-/m0/s1. The minimum Gasteiger partial charge on any atom is -0.393 e. The Bertz CT molecular complexity index is 1060. The average Bonchev–Trinajstić information content (AvgIpc) is 3.09. The molecule has 6 atom stereocenters. The molecule has 0 heterocycles. The number of fused-ring (bicyclic) bond motifs is 5. The molecule has 4 aliphatic rings. The third-order valence-corrected chi connectivity index (χ3v) is 10.7. The molecule has 0 bridgehead atoms. The van der Waals surface area contributed by atoms with Crippen LogP contribution in [0, 0.1) is 35.5 Å². The summed E-state index contributed by atoms with van der Waals surface area (Å²) in [5, 5.41) is 14.7. The largest absolute Gasteiger partial charge is 0.393 e. The molecule has 6 heteroatoms. The first-order chi connectivity index (χ1) is 15.1. The molecular formula is C26H36N2O3S. The Kier molecular flexibility index (Phi) is 5.33. The number of hydrogen-bond donors (Lipinski definition) is 2. The Morgan fingerprint density at radius 3 is 2.47 bits per heavy atom. The van der Waals surface area contributed by atoms with Crippen LogP contribution in [-0.4, -0.2) is 25.3 Å². The molecule has 5 rings (SSSR count). The van der Waals surface area contributed by atoms with E-state index in [-0.39, 0.29) is 21.8 Å². The van der Waals surface area contributed by atoms with Gasteiger partial charge in [0.25, 0.3) is 10.0 Å². The van der Waals surface area contributed by atoms with E-state index in [0.717, 1.165) is 62.6 Å². The number of nitrogens with zero attached hydrogens (tertiary/aromatic N) is 1. The second-order valence-corrected chi connectivity index (χ2v) is 12.8. The van der Waals surface area contributed by atoms with Crippen molar-refractivity contribution in [3.63, 3.8) is 0 Å². The van der Waals surface area contributed by atoms with Crippen molar-refractivity contribution < 1.29 is 13.5 Å². The number of aryl methyl sites for hydroxylation is 1. The summed E-state index contributed by atoms with van der Waals surface area (Å²) in [5.41, 5.74) is 3.72. The van der Waals surface area contributed by atoms with E-state index in [1.54, 1.807) is 12.1 Å². The SMILES string of the molecule is Cc1ccc(S(=O)(=O)N/N=C2\CC[C@H]3[C@@H]4CC=C5C[C@@H](O)CC[C@]5(C)[C@H]4CC[C@]23C)cc1. The summed E-state index contributed by atoms with van der Waals surface area (Å²) in [7, 11) is -3.65. The number of hydrogen-bond acceptors (Lipinski definition) is 4. The second kappa shape index (κ2) is 7.69. The number of allylic oxidation sites excluding steroid dienone is 1. The predicted octanol–water partition coefficient (Wildman–Crippen LogP) is 4.95. The molecule has 5 nitrogen and oxygen atoms in total. The van der Waals surface area contributed by atoms with Gasteiger partial charge in [-0.3, -0.25) is 0 Å². The van der Waals surface area contributed by atoms with Crippen molar-refractivity contribution in [2.75, 3.05) is 0 Å². The molecule has 32 heavy (non-hydrogen) atoms. The van der Waals surface area contributed by atoms with Crippen LogP contribution in [0.15, 0.2) is 45.9 Å². The quantitative estimate of drug-likeness (QED) is 0.499. The number of aliphatic hydroxyl groups excluding tert-OH is 1. The smallest absolute Gasteiger partial charge is 0.276 e. The first kappa shape index (κ1) is 22.1. The van der Waals surface area contributed by atoms with Crippen molar-refractivity contribution in [2.24, 2.45) is 33.7 Å². The van der Waals surface area contributed by atoms with Crippen LogP contribution in [0.3, 0.4) is 0 Å². The van der Waals surface area contributed by atoms with Gasteiger partial charge >= 0.3 is 0 Å². The Labute approximate surface area is 192 Å². The maximum absolute atomic E-state index is 12.8. The van der Waals surface area contributed by atoms with Crippen LogP contribution in [0.4, 0.5) is 0 Å². The Balaban J connectivity index is 1.38. The van der Waals surface area contributed by atoms with Crippen molar-refractivity contribution in [3.05, 3.63) is 41.5 Å². The summed E-state index contributed by atoms with van der Waals surface area (Å²) < 4.78 is 25.5. The highest BCUT2D eigenvalue weighted by atomic mass is 32.2. The lowest BCUT2D eigenvalue weighted by Gasteiger charge is -2.57. The topological polar surface area (TPSA) is 78.8 Å². The average molecular weight is 457 g/mol. The molecule has 0 spiro atoms. The minimum atomic E-state index is -3.65. The van der Waals surface area contributed by atoms with Crippen LogP contribution in [0.5, 0.6) is 0 Å². The highest BCUT2D eigenvalue weighted by molar-refractivity contribution is 7.89. The minimum absolute atomic E-state index is 0.0349. The van der Waals surface area contributed by atoms with Gasteiger partial charge in [0.1, 0.15) is 0 Å². The van der Waals surface area contributed by atoms with Gasteiger partial charge in [-0.25, -0.2) is 4.83 Å². The maximum Gasteiger partial charge on any atom is 0.276 e. The zero-order valence-electron chi connectivity index (χ0n) is 19.5. The van der Waals surface area contributed by atoms with E-state index in [9.17, 15) is 13.5 Å². The molecule has 1 aromatic rings. The van der Waals surface area contributed by atoms with E-state index in [1.807, 2.05) is 19.1 Å². The van der Waals surface area contributed by atoms with E-state index in [4.69, 9.17) is 0 Å². The zero-order chi connectivity index (χ0) is 22.7. The summed E-state index contributed by atoms with van der Waals surface area (Å²) >= 11 is 0. The highest BCUT2D eigenvalue weighted by Gasteiger charge is 2.57. The molecule has 4 aliphatic carbocycles. The maximum atomic E-state index is 12.8. The number of benzene rings is 1. The summed E-state index contributed by atoms with van der Waals surface area (Å²) in [6.07, 6.45) is 10.4. The summed E-state index contributed by atoms with van der Waals surface area (Å²) in [6.45, 7) is 6.69. The lowest BCUT2D eigenvalue weighted by molar-refractivity contribution is -0.0209. The van der Waals surface area contributed by atoms with Gasteiger partial charge in [0.15, 0.2) is 0 Å². The van der Waals surface area contributed by atoms with Crippen molar-refractivity contribution in [1.82, 2.24) is 4.83 Å². The monoisotopic (exact) mass is 456 g/mol. The number of aliphatic hydroxyl groups is 1. The van der Waals surface area contributed by atoms with Gasteiger partial charge in [-0.05, 0) is 93.6 Å². The number of hydrazone groups is 1. The van der Waals surface area contributed by atoms with Gasteiger partial charge in [0.2, 0.25) is 0 Å². The van der Waals surface area contributed by atoms with Gasteiger partial charge in [-0.15, -0.1) is 0 Å². The summed E-state index contributed by atoms with van der Waals surface area (Å²) in [4.78, 5) is 2.80. The molecule has 0 aromatic heterocycles.